The number of carbonyl (C=O) groups excluding carboxylic acids is 1. The fourth-order valence-electron chi connectivity index (χ4n) is 2.71. The lowest BCUT2D eigenvalue weighted by atomic mass is 10.2. The summed E-state index contributed by atoms with van der Waals surface area (Å²) in [6, 6.07) is 15.2. The molecule has 9 nitrogen and oxygen atoms in total. The summed E-state index contributed by atoms with van der Waals surface area (Å²) >= 11 is 5.81. The number of hydrogen-bond donors (Lipinski definition) is 3. The highest BCUT2D eigenvalue weighted by Crippen LogP contribution is 2.25. The molecule has 0 aliphatic heterocycles. The van der Waals surface area contributed by atoms with Crippen LogP contribution in [-0.2, 0) is 20.0 Å². The Hall–Kier alpha value is -3.12. The first-order valence-corrected chi connectivity index (χ1v) is 12.3. The number of sulfonamides is 2. The molecular formula is C20H18ClN3O6S2. The molecule has 3 aromatic rings. The van der Waals surface area contributed by atoms with Crippen molar-refractivity contribution in [3.63, 3.8) is 0 Å². The topological polar surface area (TPSA) is 145 Å². The van der Waals surface area contributed by atoms with E-state index in [1.54, 1.807) is 12.1 Å². The number of primary sulfonamides is 1. The molecule has 0 aromatic heterocycles. The van der Waals surface area contributed by atoms with Gasteiger partial charge >= 0.3 is 0 Å². The number of ether oxygens (including phenoxy) is 1. The standard InChI is InChI=1S/C20H18ClN3O6S2/c1-30-19-10-9-16(31(22,26)27)12-18(19)20(25)23-15-3-2-4-17(11-15)32(28,29)24-14-7-5-13(21)6-8-14/h2-12,24H,1H3,(H,23,25)(H2,22,26,27). The highest BCUT2D eigenvalue weighted by atomic mass is 35.5. The molecule has 0 spiro atoms. The summed E-state index contributed by atoms with van der Waals surface area (Å²) in [5, 5.41) is 8.12. The molecule has 0 saturated carbocycles. The summed E-state index contributed by atoms with van der Waals surface area (Å²) in [4.78, 5) is 12.4. The molecule has 0 unspecified atom stereocenters. The molecule has 0 aliphatic rings. The van der Waals surface area contributed by atoms with Gasteiger partial charge in [0.05, 0.1) is 22.5 Å². The van der Waals surface area contributed by atoms with Crippen LogP contribution in [0.15, 0.2) is 76.5 Å². The lowest BCUT2D eigenvalue weighted by Crippen LogP contribution is -2.17. The van der Waals surface area contributed by atoms with Gasteiger partial charge in [0.2, 0.25) is 10.0 Å². The molecular weight excluding hydrogens is 478 g/mol. The number of carbonyl (C=O) groups is 1. The van der Waals surface area contributed by atoms with E-state index in [9.17, 15) is 21.6 Å². The highest BCUT2D eigenvalue weighted by molar-refractivity contribution is 7.92. The SMILES string of the molecule is COc1ccc(S(N)(=O)=O)cc1C(=O)Nc1cccc(S(=O)(=O)Nc2ccc(Cl)cc2)c1. The zero-order valence-corrected chi connectivity index (χ0v) is 19.0. The van der Waals surface area contributed by atoms with Gasteiger partial charge in [-0.2, -0.15) is 0 Å². The molecule has 0 fully saturated rings. The van der Waals surface area contributed by atoms with Crippen molar-refractivity contribution in [3.8, 4) is 5.75 Å². The van der Waals surface area contributed by atoms with Crippen LogP contribution in [0.2, 0.25) is 5.02 Å². The Labute approximate surface area is 190 Å². The van der Waals surface area contributed by atoms with Crippen molar-refractivity contribution in [3.05, 3.63) is 77.3 Å². The summed E-state index contributed by atoms with van der Waals surface area (Å²) in [6.45, 7) is 0. The maximum Gasteiger partial charge on any atom is 0.261 e. The number of rotatable bonds is 7. The predicted molar refractivity (Wildman–Crippen MR) is 121 cm³/mol. The van der Waals surface area contributed by atoms with E-state index in [-0.39, 0.29) is 26.8 Å². The first kappa shape index (κ1) is 23.5. The second-order valence-electron chi connectivity index (χ2n) is 6.50. The molecule has 168 valence electrons. The number of nitrogens with two attached hydrogens (primary N) is 1. The summed E-state index contributed by atoms with van der Waals surface area (Å²) in [6.07, 6.45) is 0. The van der Waals surface area contributed by atoms with E-state index < -0.39 is 26.0 Å². The minimum absolute atomic E-state index is 0.0911. The number of benzene rings is 3. The monoisotopic (exact) mass is 495 g/mol. The first-order valence-electron chi connectivity index (χ1n) is 8.90. The minimum atomic E-state index is -4.05. The fourth-order valence-corrected chi connectivity index (χ4v) is 4.48. The molecule has 32 heavy (non-hydrogen) atoms. The van der Waals surface area contributed by atoms with Crippen molar-refractivity contribution in [2.75, 3.05) is 17.1 Å². The molecule has 0 aliphatic carbocycles. The largest absolute Gasteiger partial charge is 0.496 e. The summed E-state index contributed by atoms with van der Waals surface area (Å²) < 4.78 is 56.1. The third-order valence-electron chi connectivity index (χ3n) is 4.24. The summed E-state index contributed by atoms with van der Waals surface area (Å²) in [7, 11) is -6.68. The van der Waals surface area contributed by atoms with Crippen LogP contribution in [0.25, 0.3) is 0 Å². The Kier molecular flexibility index (Phi) is 6.74. The zero-order chi connectivity index (χ0) is 23.5. The predicted octanol–water partition coefficient (Wildman–Crippen LogP) is 3.05. The lowest BCUT2D eigenvalue weighted by molar-refractivity contribution is 0.102. The molecule has 1 amide bonds. The Morgan fingerprint density at radius 1 is 0.906 bits per heavy atom. The van der Waals surface area contributed by atoms with Crippen molar-refractivity contribution >= 4 is 48.9 Å². The summed E-state index contributed by atoms with van der Waals surface area (Å²) in [5.41, 5.74) is 0.386. The van der Waals surface area contributed by atoms with E-state index >= 15 is 0 Å². The van der Waals surface area contributed by atoms with Crippen LogP contribution >= 0.6 is 11.6 Å². The molecule has 3 rings (SSSR count). The second-order valence-corrected chi connectivity index (χ2v) is 10.2. The number of halogens is 1. The van der Waals surface area contributed by atoms with Crippen molar-refractivity contribution in [1.82, 2.24) is 0 Å². The maximum absolute atomic E-state index is 12.8. The third-order valence-corrected chi connectivity index (χ3v) is 6.78. The Balaban J connectivity index is 1.87. The van der Waals surface area contributed by atoms with E-state index in [2.05, 4.69) is 10.0 Å². The van der Waals surface area contributed by atoms with Gasteiger partial charge < -0.3 is 10.1 Å². The van der Waals surface area contributed by atoms with Crippen molar-refractivity contribution < 1.29 is 26.4 Å². The van der Waals surface area contributed by atoms with Crippen molar-refractivity contribution in [2.45, 2.75) is 9.79 Å². The third kappa shape index (κ3) is 5.56. The average molecular weight is 496 g/mol. The number of amides is 1. The average Bonchev–Trinajstić information content (AvgIpc) is 2.74. The van der Waals surface area contributed by atoms with Crippen molar-refractivity contribution in [1.29, 1.82) is 0 Å². The van der Waals surface area contributed by atoms with Gasteiger partial charge in [-0.05, 0) is 60.7 Å². The second kappa shape index (κ2) is 9.17. The molecule has 12 heteroatoms. The van der Waals surface area contributed by atoms with E-state index in [0.717, 1.165) is 6.07 Å². The van der Waals surface area contributed by atoms with Gasteiger partial charge in [-0.15, -0.1) is 0 Å². The van der Waals surface area contributed by atoms with Crippen molar-refractivity contribution in [2.24, 2.45) is 5.14 Å². The Morgan fingerprint density at radius 2 is 1.59 bits per heavy atom. The smallest absolute Gasteiger partial charge is 0.261 e. The van der Waals surface area contributed by atoms with E-state index in [0.29, 0.717) is 10.7 Å². The van der Waals surface area contributed by atoms with Gasteiger partial charge in [-0.1, -0.05) is 17.7 Å². The van der Waals surface area contributed by atoms with Crippen LogP contribution in [0.5, 0.6) is 5.75 Å². The van der Waals surface area contributed by atoms with Crippen LogP contribution in [0.1, 0.15) is 10.4 Å². The van der Waals surface area contributed by atoms with E-state index in [1.165, 1.54) is 55.6 Å². The van der Waals surface area contributed by atoms with Crippen LogP contribution in [-0.4, -0.2) is 29.9 Å². The van der Waals surface area contributed by atoms with Gasteiger partial charge in [0.25, 0.3) is 15.9 Å². The number of nitrogens with one attached hydrogen (secondary N) is 2. The normalized spacial score (nSPS) is 11.6. The van der Waals surface area contributed by atoms with Crippen LogP contribution in [0, 0.1) is 0 Å². The molecule has 0 saturated heterocycles. The van der Waals surface area contributed by atoms with E-state index in [4.69, 9.17) is 21.5 Å². The molecule has 0 atom stereocenters. The molecule has 0 radical (unpaired) electrons. The number of methoxy groups -OCH3 is 1. The number of anilines is 2. The van der Waals surface area contributed by atoms with Gasteiger partial charge in [-0.3, -0.25) is 9.52 Å². The molecule has 0 heterocycles. The number of hydrogen-bond acceptors (Lipinski definition) is 6. The van der Waals surface area contributed by atoms with E-state index in [1.807, 2.05) is 0 Å². The van der Waals surface area contributed by atoms with Gasteiger partial charge in [0.1, 0.15) is 5.75 Å². The van der Waals surface area contributed by atoms with Gasteiger partial charge in [0.15, 0.2) is 0 Å². The quantitative estimate of drug-likeness (QED) is 0.459. The Bertz CT molecular complexity index is 1370. The van der Waals surface area contributed by atoms with Gasteiger partial charge in [0, 0.05) is 16.4 Å². The molecule has 3 aromatic carbocycles. The van der Waals surface area contributed by atoms with Crippen LogP contribution in [0.4, 0.5) is 11.4 Å². The fraction of sp³-hybridized carbons (Fsp3) is 0.0500. The highest BCUT2D eigenvalue weighted by Gasteiger charge is 2.19. The lowest BCUT2D eigenvalue weighted by Gasteiger charge is -2.12. The molecule has 0 bridgehead atoms. The zero-order valence-electron chi connectivity index (χ0n) is 16.6. The minimum Gasteiger partial charge on any atom is -0.496 e. The summed E-state index contributed by atoms with van der Waals surface area (Å²) in [5.74, 6) is -0.601. The van der Waals surface area contributed by atoms with Crippen LogP contribution < -0.4 is 19.9 Å². The van der Waals surface area contributed by atoms with Crippen LogP contribution in [0.3, 0.4) is 0 Å². The van der Waals surface area contributed by atoms with Gasteiger partial charge in [-0.25, -0.2) is 22.0 Å². The first-order chi connectivity index (χ1) is 15.0. The Morgan fingerprint density at radius 3 is 2.22 bits per heavy atom. The molecule has 4 N–H and O–H groups in total. The maximum atomic E-state index is 12.8.